The van der Waals surface area contributed by atoms with E-state index in [9.17, 15) is 14.7 Å². The van der Waals surface area contributed by atoms with Crippen LogP contribution in [0.4, 0.5) is 5.69 Å². The summed E-state index contributed by atoms with van der Waals surface area (Å²) in [4.78, 5) is 23.0. The minimum Gasteiger partial charge on any atom is -0.507 e. The van der Waals surface area contributed by atoms with Crippen molar-refractivity contribution in [1.29, 1.82) is 0 Å². The second kappa shape index (κ2) is 5.85. The van der Waals surface area contributed by atoms with Crippen LogP contribution in [0.3, 0.4) is 0 Å². The van der Waals surface area contributed by atoms with Gasteiger partial charge in [-0.1, -0.05) is 11.6 Å². The maximum absolute atomic E-state index is 12.1. The van der Waals surface area contributed by atoms with E-state index in [2.05, 4.69) is 5.32 Å². The lowest BCUT2D eigenvalue weighted by Crippen LogP contribution is -2.13. The van der Waals surface area contributed by atoms with Crippen molar-refractivity contribution in [2.45, 2.75) is 6.92 Å². The molecule has 0 bridgehead atoms. The third-order valence-corrected chi connectivity index (χ3v) is 3.16. The van der Waals surface area contributed by atoms with Crippen molar-refractivity contribution in [3.63, 3.8) is 0 Å². The maximum Gasteiger partial charge on any atom is 0.335 e. The van der Waals surface area contributed by atoms with Crippen LogP contribution in [0.15, 0.2) is 36.4 Å². The topological polar surface area (TPSA) is 86.6 Å². The van der Waals surface area contributed by atoms with Gasteiger partial charge in [0.1, 0.15) is 5.75 Å². The molecule has 0 aliphatic rings. The fourth-order valence-electron chi connectivity index (χ4n) is 1.82. The van der Waals surface area contributed by atoms with Crippen LogP contribution in [-0.4, -0.2) is 22.1 Å². The molecule has 6 heteroatoms. The fraction of sp³-hybridized carbons (Fsp3) is 0.0667. The van der Waals surface area contributed by atoms with Crippen LogP contribution in [0.25, 0.3) is 0 Å². The number of carboxylic acid groups (broad SMARTS) is 1. The second-order valence-corrected chi connectivity index (χ2v) is 4.89. The first-order chi connectivity index (χ1) is 9.88. The summed E-state index contributed by atoms with van der Waals surface area (Å²) < 4.78 is 0. The molecular weight excluding hydrogens is 294 g/mol. The molecule has 108 valence electrons. The second-order valence-electron chi connectivity index (χ2n) is 4.45. The number of aromatic hydroxyl groups is 1. The zero-order chi connectivity index (χ0) is 15.6. The molecule has 3 N–H and O–H groups in total. The van der Waals surface area contributed by atoms with E-state index in [0.29, 0.717) is 16.3 Å². The standard InChI is InChI=1S/C15H12ClNO4/c1-8-6-9(15(20)21)2-4-12(8)17-14(19)11-7-10(16)3-5-13(11)18/h2-7,18H,1H3,(H,17,19)(H,20,21). The van der Waals surface area contributed by atoms with Crippen LogP contribution in [-0.2, 0) is 0 Å². The molecule has 0 unspecified atom stereocenters. The van der Waals surface area contributed by atoms with Crippen molar-refractivity contribution in [1.82, 2.24) is 0 Å². The molecule has 0 saturated heterocycles. The molecule has 0 fully saturated rings. The molecule has 0 spiro atoms. The third-order valence-electron chi connectivity index (χ3n) is 2.92. The summed E-state index contributed by atoms with van der Waals surface area (Å²) in [5.74, 6) is -1.75. The summed E-state index contributed by atoms with van der Waals surface area (Å²) in [5, 5.41) is 21.5. The van der Waals surface area contributed by atoms with E-state index in [0.717, 1.165) is 0 Å². The smallest absolute Gasteiger partial charge is 0.335 e. The number of aromatic carboxylic acids is 1. The van der Waals surface area contributed by atoms with Crippen molar-refractivity contribution < 1.29 is 19.8 Å². The molecule has 2 aromatic carbocycles. The predicted octanol–water partition coefficient (Wildman–Crippen LogP) is 3.30. The van der Waals surface area contributed by atoms with Crippen LogP contribution in [0.5, 0.6) is 5.75 Å². The third kappa shape index (κ3) is 3.32. The number of phenolic OH excluding ortho intramolecular Hbond substituents is 1. The summed E-state index contributed by atoms with van der Waals surface area (Å²) in [6.07, 6.45) is 0. The Morgan fingerprint density at radius 2 is 1.86 bits per heavy atom. The number of hydrogen-bond acceptors (Lipinski definition) is 3. The number of carbonyl (C=O) groups is 2. The molecular formula is C15H12ClNO4. The zero-order valence-electron chi connectivity index (χ0n) is 11.1. The van der Waals surface area contributed by atoms with Crippen LogP contribution < -0.4 is 5.32 Å². The molecule has 2 rings (SSSR count). The van der Waals surface area contributed by atoms with Gasteiger partial charge in [-0.05, 0) is 48.9 Å². The largest absolute Gasteiger partial charge is 0.507 e. The maximum atomic E-state index is 12.1. The van der Waals surface area contributed by atoms with Gasteiger partial charge >= 0.3 is 5.97 Å². The molecule has 1 amide bonds. The van der Waals surface area contributed by atoms with E-state index < -0.39 is 11.9 Å². The summed E-state index contributed by atoms with van der Waals surface area (Å²) in [6, 6.07) is 8.50. The predicted molar refractivity (Wildman–Crippen MR) is 79.2 cm³/mol. The molecule has 0 radical (unpaired) electrons. The van der Waals surface area contributed by atoms with Gasteiger partial charge in [0.2, 0.25) is 0 Å². The van der Waals surface area contributed by atoms with Gasteiger partial charge in [-0.2, -0.15) is 0 Å². The lowest BCUT2D eigenvalue weighted by molar-refractivity contribution is 0.0696. The van der Waals surface area contributed by atoms with Gasteiger partial charge in [0, 0.05) is 10.7 Å². The average molecular weight is 306 g/mol. The number of carbonyl (C=O) groups excluding carboxylic acids is 1. The summed E-state index contributed by atoms with van der Waals surface area (Å²) in [6.45, 7) is 1.68. The first-order valence-corrected chi connectivity index (χ1v) is 6.40. The highest BCUT2D eigenvalue weighted by molar-refractivity contribution is 6.31. The normalized spacial score (nSPS) is 10.2. The number of amides is 1. The Kier molecular flexibility index (Phi) is 4.14. The van der Waals surface area contributed by atoms with Gasteiger partial charge in [0.25, 0.3) is 5.91 Å². The van der Waals surface area contributed by atoms with E-state index in [4.69, 9.17) is 16.7 Å². The highest BCUT2D eigenvalue weighted by Gasteiger charge is 2.14. The van der Waals surface area contributed by atoms with Gasteiger partial charge in [-0.3, -0.25) is 4.79 Å². The quantitative estimate of drug-likeness (QED) is 0.812. The highest BCUT2D eigenvalue weighted by atomic mass is 35.5. The van der Waals surface area contributed by atoms with E-state index >= 15 is 0 Å². The first-order valence-electron chi connectivity index (χ1n) is 6.02. The van der Waals surface area contributed by atoms with Gasteiger partial charge in [-0.25, -0.2) is 4.79 Å². The van der Waals surface area contributed by atoms with Crippen molar-refractivity contribution >= 4 is 29.2 Å². The number of anilines is 1. The number of halogens is 1. The van der Waals surface area contributed by atoms with Crippen molar-refractivity contribution in [3.05, 3.63) is 58.1 Å². The lowest BCUT2D eigenvalue weighted by atomic mass is 10.1. The fourth-order valence-corrected chi connectivity index (χ4v) is 1.99. The molecule has 0 saturated carbocycles. The minimum absolute atomic E-state index is 0.0456. The monoisotopic (exact) mass is 305 g/mol. The Hall–Kier alpha value is -2.53. The van der Waals surface area contributed by atoms with Crippen LogP contribution in [0.1, 0.15) is 26.3 Å². The van der Waals surface area contributed by atoms with Gasteiger partial charge in [0.05, 0.1) is 11.1 Å². The Morgan fingerprint density at radius 1 is 1.14 bits per heavy atom. The Balaban J connectivity index is 2.27. The molecule has 5 nitrogen and oxygen atoms in total. The van der Waals surface area contributed by atoms with Crippen LogP contribution in [0, 0.1) is 6.92 Å². The molecule has 0 aliphatic heterocycles. The van der Waals surface area contributed by atoms with Gasteiger partial charge in [-0.15, -0.1) is 0 Å². The molecule has 2 aromatic rings. The average Bonchev–Trinajstić information content (AvgIpc) is 2.43. The summed E-state index contributed by atoms with van der Waals surface area (Å²) in [7, 11) is 0. The van der Waals surface area contributed by atoms with Gasteiger partial charge < -0.3 is 15.5 Å². The highest BCUT2D eigenvalue weighted by Crippen LogP contribution is 2.24. The number of phenols is 1. The number of rotatable bonds is 3. The minimum atomic E-state index is -1.04. The van der Waals surface area contributed by atoms with Gasteiger partial charge in [0.15, 0.2) is 0 Å². The molecule has 0 aromatic heterocycles. The number of carboxylic acids is 1. The van der Waals surface area contributed by atoms with E-state index in [1.165, 1.54) is 36.4 Å². The Labute approximate surface area is 125 Å². The van der Waals surface area contributed by atoms with Crippen LogP contribution in [0.2, 0.25) is 5.02 Å². The lowest BCUT2D eigenvalue weighted by Gasteiger charge is -2.10. The van der Waals surface area contributed by atoms with Crippen molar-refractivity contribution in [2.75, 3.05) is 5.32 Å². The molecule has 0 heterocycles. The summed E-state index contributed by atoms with van der Waals surface area (Å²) >= 11 is 5.79. The Bertz CT molecular complexity index is 728. The zero-order valence-corrected chi connectivity index (χ0v) is 11.8. The number of hydrogen-bond donors (Lipinski definition) is 3. The Morgan fingerprint density at radius 3 is 2.48 bits per heavy atom. The van der Waals surface area contributed by atoms with Crippen molar-refractivity contribution in [2.24, 2.45) is 0 Å². The SMILES string of the molecule is Cc1cc(C(=O)O)ccc1NC(=O)c1cc(Cl)ccc1O. The van der Waals surface area contributed by atoms with Crippen molar-refractivity contribution in [3.8, 4) is 5.75 Å². The van der Waals surface area contributed by atoms with E-state index in [1.54, 1.807) is 6.92 Å². The van der Waals surface area contributed by atoms with E-state index in [1.807, 2.05) is 0 Å². The summed E-state index contributed by atoms with van der Waals surface area (Å²) in [5.41, 5.74) is 1.24. The first kappa shape index (κ1) is 14.9. The number of benzene rings is 2. The number of nitrogens with one attached hydrogen (secondary N) is 1. The number of aryl methyl sites for hydroxylation is 1. The molecule has 21 heavy (non-hydrogen) atoms. The van der Waals surface area contributed by atoms with E-state index in [-0.39, 0.29) is 16.9 Å². The van der Waals surface area contributed by atoms with Crippen LogP contribution >= 0.6 is 11.6 Å². The molecule has 0 aliphatic carbocycles. The molecule has 0 atom stereocenters.